The Morgan fingerprint density at radius 2 is 2.00 bits per heavy atom. The molecule has 1 fully saturated rings. The van der Waals surface area contributed by atoms with Gasteiger partial charge in [0.2, 0.25) is 5.91 Å². The summed E-state index contributed by atoms with van der Waals surface area (Å²) >= 11 is 0. The fourth-order valence-corrected chi connectivity index (χ4v) is 1.70. The van der Waals surface area contributed by atoms with Crippen molar-refractivity contribution in [3.8, 4) is 0 Å². The summed E-state index contributed by atoms with van der Waals surface area (Å²) in [6, 6.07) is 5.03. The van der Waals surface area contributed by atoms with Crippen LogP contribution in [-0.2, 0) is 9.53 Å². The van der Waals surface area contributed by atoms with Crippen LogP contribution in [0.1, 0.15) is 28.8 Å². The molecule has 2 rings (SSSR count). The number of carbonyl (C=O) groups is 2. The Morgan fingerprint density at radius 1 is 1.37 bits per heavy atom. The van der Waals surface area contributed by atoms with E-state index < -0.39 is 5.54 Å². The third-order valence-corrected chi connectivity index (χ3v) is 3.13. The van der Waals surface area contributed by atoms with Gasteiger partial charge in [-0.25, -0.2) is 4.79 Å². The second kappa shape index (κ2) is 5.59. The van der Waals surface area contributed by atoms with Gasteiger partial charge in [0, 0.05) is 5.69 Å². The fraction of sp³-hybridized carbons (Fsp3) is 0.385. The van der Waals surface area contributed by atoms with Crippen LogP contribution in [0, 0.1) is 6.92 Å². The molecule has 0 unspecified atom stereocenters. The molecule has 0 radical (unpaired) electrons. The first-order chi connectivity index (χ1) is 8.46. The van der Waals surface area contributed by atoms with Gasteiger partial charge >= 0.3 is 5.97 Å². The summed E-state index contributed by atoms with van der Waals surface area (Å²) < 4.78 is 4.66. The van der Waals surface area contributed by atoms with E-state index in [1.807, 2.05) is 0 Å². The second-order valence-corrected chi connectivity index (χ2v) is 4.63. The van der Waals surface area contributed by atoms with Crippen LogP contribution in [0.15, 0.2) is 18.2 Å². The molecule has 1 aromatic carbocycles. The first kappa shape index (κ1) is 15.5. The van der Waals surface area contributed by atoms with E-state index in [4.69, 9.17) is 5.73 Å². The van der Waals surface area contributed by atoms with Crippen molar-refractivity contribution >= 4 is 30.0 Å². The predicted octanol–water partition coefficient (Wildman–Crippen LogP) is 1.63. The normalized spacial score (nSPS) is 15.1. The van der Waals surface area contributed by atoms with E-state index in [2.05, 4.69) is 10.1 Å². The number of nitrogens with two attached hydrogens (primary N) is 1. The second-order valence-electron chi connectivity index (χ2n) is 4.63. The van der Waals surface area contributed by atoms with Crippen molar-refractivity contribution in [1.29, 1.82) is 0 Å². The van der Waals surface area contributed by atoms with E-state index in [1.165, 1.54) is 7.11 Å². The SMILES string of the molecule is COC(=O)c1ccc(NC(=O)C2(N)CC2)cc1C.Cl. The van der Waals surface area contributed by atoms with Gasteiger partial charge in [0.1, 0.15) is 0 Å². The van der Waals surface area contributed by atoms with Gasteiger partial charge in [0.15, 0.2) is 0 Å². The number of methoxy groups -OCH3 is 1. The predicted molar refractivity (Wildman–Crippen MR) is 74.5 cm³/mol. The van der Waals surface area contributed by atoms with Gasteiger partial charge in [-0.15, -0.1) is 12.4 Å². The van der Waals surface area contributed by atoms with E-state index in [0.717, 1.165) is 18.4 Å². The van der Waals surface area contributed by atoms with Crippen LogP contribution in [0.5, 0.6) is 0 Å². The number of ether oxygens (including phenoxy) is 1. The molecule has 104 valence electrons. The summed E-state index contributed by atoms with van der Waals surface area (Å²) in [6.07, 6.45) is 1.44. The Morgan fingerprint density at radius 3 is 2.47 bits per heavy atom. The maximum Gasteiger partial charge on any atom is 0.338 e. The molecule has 0 aliphatic heterocycles. The Labute approximate surface area is 117 Å². The first-order valence-corrected chi connectivity index (χ1v) is 5.75. The minimum Gasteiger partial charge on any atom is -0.465 e. The van der Waals surface area contributed by atoms with Gasteiger partial charge in [-0.2, -0.15) is 0 Å². The van der Waals surface area contributed by atoms with Crippen molar-refractivity contribution in [2.24, 2.45) is 5.73 Å². The number of aryl methyl sites for hydroxylation is 1. The standard InChI is InChI=1S/C13H16N2O3.ClH/c1-8-7-9(3-4-10(8)11(16)18-2)15-12(17)13(14)5-6-13;/h3-4,7H,5-6,14H2,1-2H3,(H,15,17);1H. The molecule has 0 atom stereocenters. The highest BCUT2D eigenvalue weighted by Gasteiger charge is 2.45. The Balaban J connectivity index is 0.00000180. The molecule has 0 spiro atoms. The number of esters is 1. The topological polar surface area (TPSA) is 81.4 Å². The molecule has 1 aromatic rings. The number of rotatable bonds is 3. The molecule has 19 heavy (non-hydrogen) atoms. The number of nitrogens with one attached hydrogen (secondary N) is 1. The molecule has 1 saturated carbocycles. The number of hydrogen-bond donors (Lipinski definition) is 2. The third-order valence-electron chi connectivity index (χ3n) is 3.13. The Kier molecular flexibility index (Phi) is 4.55. The molecule has 1 aliphatic carbocycles. The lowest BCUT2D eigenvalue weighted by Crippen LogP contribution is -2.37. The molecular formula is C13H17ClN2O3. The van der Waals surface area contributed by atoms with Crippen LogP contribution >= 0.6 is 12.4 Å². The Hall–Kier alpha value is -1.59. The summed E-state index contributed by atoms with van der Waals surface area (Å²) in [7, 11) is 1.34. The van der Waals surface area contributed by atoms with Crippen LogP contribution in [0.4, 0.5) is 5.69 Å². The molecule has 6 heteroatoms. The zero-order chi connectivity index (χ0) is 13.3. The summed E-state index contributed by atoms with van der Waals surface area (Å²) in [5.74, 6) is -0.560. The van der Waals surface area contributed by atoms with Crippen LogP contribution in [0.3, 0.4) is 0 Å². The van der Waals surface area contributed by atoms with Crippen molar-refractivity contribution in [3.63, 3.8) is 0 Å². The van der Waals surface area contributed by atoms with Crippen molar-refractivity contribution in [3.05, 3.63) is 29.3 Å². The van der Waals surface area contributed by atoms with E-state index >= 15 is 0 Å². The van der Waals surface area contributed by atoms with Gasteiger partial charge in [0.25, 0.3) is 0 Å². The van der Waals surface area contributed by atoms with E-state index in [0.29, 0.717) is 11.3 Å². The van der Waals surface area contributed by atoms with Crippen molar-refractivity contribution < 1.29 is 14.3 Å². The van der Waals surface area contributed by atoms with Gasteiger partial charge in [-0.3, -0.25) is 4.79 Å². The summed E-state index contributed by atoms with van der Waals surface area (Å²) in [4.78, 5) is 23.2. The van der Waals surface area contributed by atoms with Crippen molar-refractivity contribution in [2.45, 2.75) is 25.3 Å². The maximum atomic E-state index is 11.8. The highest BCUT2D eigenvalue weighted by molar-refractivity contribution is 6.00. The number of halogens is 1. The highest BCUT2D eigenvalue weighted by Crippen LogP contribution is 2.33. The monoisotopic (exact) mass is 284 g/mol. The third kappa shape index (κ3) is 3.24. The quantitative estimate of drug-likeness (QED) is 0.827. The first-order valence-electron chi connectivity index (χ1n) is 5.75. The average molecular weight is 285 g/mol. The number of amides is 1. The Bertz CT molecular complexity index is 513. The highest BCUT2D eigenvalue weighted by atomic mass is 35.5. The minimum absolute atomic E-state index is 0. The zero-order valence-electron chi connectivity index (χ0n) is 10.9. The molecular weight excluding hydrogens is 268 g/mol. The summed E-state index contributed by atoms with van der Waals surface area (Å²) in [5, 5.41) is 2.75. The molecule has 0 aromatic heterocycles. The molecule has 1 amide bonds. The van der Waals surface area contributed by atoms with Crippen molar-refractivity contribution in [1.82, 2.24) is 0 Å². The van der Waals surface area contributed by atoms with E-state index in [-0.39, 0.29) is 24.3 Å². The largest absolute Gasteiger partial charge is 0.465 e. The average Bonchev–Trinajstić information content (AvgIpc) is 3.08. The van der Waals surface area contributed by atoms with E-state index in [1.54, 1.807) is 25.1 Å². The molecule has 0 heterocycles. The number of hydrogen-bond acceptors (Lipinski definition) is 4. The van der Waals surface area contributed by atoms with Crippen molar-refractivity contribution in [2.75, 3.05) is 12.4 Å². The lowest BCUT2D eigenvalue weighted by molar-refractivity contribution is -0.118. The summed E-state index contributed by atoms with van der Waals surface area (Å²) in [5.41, 5.74) is 6.97. The molecule has 0 bridgehead atoms. The minimum atomic E-state index is -0.699. The van der Waals surface area contributed by atoms with Crippen LogP contribution in [-0.4, -0.2) is 24.5 Å². The van der Waals surface area contributed by atoms with Gasteiger partial charge in [-0.05, 0) is 43.5 Å². The molecule has 3 N–H and O–H groups in total. The molecule has 0 saturated heterocycles. The summed E-state index contributed by atoms with van der Waals surface area (Å²) in [6.45, 7) is 1.79. The number of carbonyl (C=O) groups excluding carboxylic acids is 2. The molecule has 5 nitrogen and oxygen atoms in total. The smallest absolute Gasteiger partial charge is 0.338 e. The van der Waals surface area contributed by atoms with Crippen LogP contribution in [0.2, 0.25) is 0 Å². The maximum absolute atomic E-state index is 11.8. The van der Waals surface area contributed by atoms with Crippen LogP contribution in [0.25, 0.3) is 0 Å². The fourth-order valence-electron chi connectivity index (χ4n) is 1.70. The lowest BCUT2D eigenvalue weighted by Gasteiger charge is -2.11. The van der Waals surface area contributed by atoms with Gasteiger partial charge in [0.05, 0.1) is 18.2 Å². The van der Waals surface area contributed by atoms with Gasteiger partial charge in [-0.1, -0.05) is 0 Å². The molecule has 1 aliphatic rings. The van der Waals surface area contributed by atoms with Gasteiger partial charge < -0.3 is 15.8 Å². The number of anilines is 1. The zero-order valence-corrected chi connectivity index (χ0v) is 11.7. The number of benzene rings is 1. The van der Waals surface area contributed by atoms with E-state index in [9.17, 15) is 9.59 Å². The van der Waals surface area contributed by atoms with Crippen LogP contribution < -0.4 is 11.1 Å². The lowest BCUT2D eigenvalue weighted by atomic mass is 10.1.